The van der Waals surface area contributed by atoms with Gasteiger partial charge in [0, 0.05) is 22.2 Å². The summed E-state index contributed by atoms with van der Waals surface area (Å²) in [6, 6.07) is 15.7. The zero-order valence-electron chi connectivity index (χ0n) is 15.9. The van der Waals surface area contributed by atoms with Crippen LogP contribution in [0.4, 0.5) is 10.1 Å². The second kappa shape index (κ2) is 9.97. The Hall–Kier alpha value is -2.16. The lowest BCUT2D eigenvalue weighted by atomic mass is 10.2. The summed E-state index contributed by atoms with van der Waals surface area (Å²) in [5.41, 5.74) is 0.392. The van der Waals surface area contributed by atoms with Gasteiger partial charge in [-0.05, 0) is 48.5 Å². The summed E-state index contributed by atoms with van der Waals surface area (Å²) in [7, 11) is -4.14. The highest BCUT2D eigenvalue weighted by atomic mass is 35.5. The molecule has 3 rings (SSSR count). The minimum Gasteiger partial charge on any atom is -0.324 e. The fourth-order valence-corrected chi connectivity index (χ4v) is 4.70. The first-order chi connectivity index (χ1) is 14.7. The van der Waals surface area contributed by atoms with Gasteiger partial charge in [-0.1, -0.05) is 53.0 Å². The number of halogens is 4. The predicted octanol–water partition coefficient (Wildman–Crippen LogP) is 5.62. The first-order valence-electron chi connectivity index (χ1n) is 8.91. The zero-order valence-corrected chi connectivity index (χ0v) is 18.9. The Morgan fingerprint density at radius 1 is 0.935 bits per heavy atom. The number of carbonyl (C=O) groups is 1. The van der Waals surface area contributed by atoms with Crippen molar-refractivity contribution in [1.82, 2.24) is 4.31 Å². The fraction of sp³-hybridized carbons (Fsp3) is 0.0952. The molecule has 0 unspecified atom stereocenters. The maximum Gasteiger partial charge on any atom is 0.243 e. The van der Waals surface area contributed by atoms with E-state index in [-0.39, 0.29) is 27.7 Å². The van der Waals surface area contributed by atoms with Crippen molar-refractivity contribution in [1.29, 1.82) is 0 Å². The minimum absolute atomic E-state index is 0.0782. The number of carbonyl (C=O) groups excluding carboxylic acids is 1. The third-order valence-electron chi connectivity index (χ3n) is 4.28. The van der Waals surface area contributed by atoms with Crippen molar-refractivity contribution in [2.24, 2.45) is 0 Å². The van der Waals surface area contributed by atoms with Crippen LogP contribution in [0.2, 0.25) is 15.1 Å². The summed E-state index contributed by atoms with van der Waals surface area (Å²) < 4.78 is 41.5. The van der Waals surface area contributed by atoms with E-state index in [0.717, 1.165) is 4.31 Å². The number of amides is 1. The van der Waals surface area contributed by atoms with Gasteiger partial charge >= 0.3 is 0 Å². The lowest BCUT2D eigenvalue weighted by Gasteiger charge is -2.22. The van der Waals surface area contributed by atoms with Crippen molar-refractivity contribution in [2.75, 3.05) is 11.9 Å². The van der Waals surface area contributed by atoms with E-state index in [1.807, 2.05) is 0 Å². The molecule has 0 saturated heterocycles. The molecule has 0 aliphatic heterocycles. The van der Waals surface area contributed by atoms with E-state index in [4.69, 9.17) is 34.8 Å². The molecule has 5 nitrogen and oxygen atoms in total. The Morgan fingerprint density at radius 2 is 1.58 bits per heavy atom. The Bertz CT molecular complexity index is 1200. The molecule has 1 N–H and O–H groups in total. The third-order valence-corrected chi connectivity index (χ3v) is 6.89. The highest BCUT2D eigenvalue weighted by Crippen LogP contribution is 2.26. The number of hydrogen-bond acceptors (Lipinski definition) is 3. The Balaban J connectivity index is 1.90. The number of anilines is 1. The highest BCUT2D eigenvalue weighted by Gasteiger charge is 2.28. The minimum atomic E-state index is -4.14. The third kappa shape index (κ3) is 5.96. The molecule has 162 valence electrons. The number of hydrogen-bond donors (Lipinski definition) is 1. The lowest BCUT2D eigenvalue weighted by Crippen LogP contribution is -2.37. The van der Waals surface area contributed by atoms with E-state index in [1.54, 1.807) is 6.07 Å². The molecule has 0 aromatic heterocycles. The predicted molar refractivity (Wildman–Crippen MR) is 121 cm³/mol. The molecular weight excluding hydrogens is 486 g/mol. The maximum absolute atomic E-state index is 14.2. The molecule has 0 heterocycles. The van der Waals surface area contributed by atoms with Gasteiger partial charge < -0.3 is 5.32 Å². The van der Waals surface area contributed by atoms with Crippen molar-refractivity contribution in [3.05, 3.63) is 93.2 Å². The van der Waals surface area contributed by atoms with Gasteiger partial charge in [0.05, 0.1) is 22.2 Å². The van der Waals surface area contributed by atoms with Crippen molar-refractivity contribution in [3.63, 3.8) is 0 Å². The van der Waals surface area contributed by atoms with Gasteiger partial charge in [0.1, 0.15) is 5.82 Å². The molecule has 0 fully saturated rings. The maximum atomic E-state index is 14.2. The van der Waals surface area contributed by atoms with E-state index >= 15 is 0 Å². The van der Waals surface area contributed by atoms with E-state index in [1.165, 1.54) is 60.7 Å². The Morgan fingerprint density at radius 3 is 2.23 bits per heavy atom. The number of nitrogens with zero attached hydrogens (tertiary/aromatic N) is 1. The summed E-state index contributed by atoms with van der Waals surface area (Å²) in [6.07, 6.45) is 0. The molecule has 3 aromatic carbocycles. The van der Waals surface area contributed by atoms with Crippen LogP contribution in [0.25, 0.3) is 0 Å². The van der Waals surface area contributed by atoms with Gasteiger partial charge in [0.2, 0.25) is 15.9 Å². The van der Waals surface area contributed by atoms with Gasteiger partial charge in [-0.3, -0.25) is 4.79 Å². The van der Waals surface area contributed by atoms with Gasteiger partial charge in [0.25, 0.3) is 0 Å². The van der Waals surface area contributed by atoms with Crippen LogP contribution in [-0.2, 0) is 21.4 Å². The largest absolute Gasteiger partial charge is 0.324 e. The monoisotopic (exact) mass is 500 g/mol. The second-order valence-electron chi connectivity index (χ2n) is 6.49. The first kappa shape index (κ1) is 23.5. The fourth-order valence-electron chi connectivity index (χ4n) is 2.74. The van der Waals surface area contributed by atoms with Gasteiger partial charge in [0.15, 0.2) is 0 Å². The van der Waals surface area contributed by atoms with Gasteiger partial charge in [-0.25, -0.2) is 12.8 Å². The Labute approximate surface area is 194 Å². The van der Waals surface area contributed by atoms with Gasteiger partial charge in [-0.2, -0.15) is 4.31 Å². The van der Waals surface area contributed by atoms with E-state index in [2.05, 4.69) is 5.32 Å². The molecular formula is C21H16Cl3FN2O3S. The molecule has 0 aliphatic rings. The SMILES string of the molecule is O=C(CN(Cc1ccccc1F)S(=O)(=O)c1ccc(Cl)cc1)Nc1ccc(Cl)cc1Cl. The summed E-state index contributed by atoms with van der Waals surface area (Å²) in [5.74, 6) is -1.24. The van der Waals surface area contributed by atoms with Crippen LogP contribution >= 0.6 is 34.8 Å². The molecule has 0 radical (unpaired) electrons. The molecule has 0 bridgehead atoms. The summed E-state index contributed by atoms with van der Waals surface area (Å²) in [6.45, 7) is -0.919. The molecule has 0 saturated carbocycles. The number of benzene rings is 3. The quantitative estimate of drug-likeness (QED) is 0.457. The van der Waals surface area contributed by atoms with Crippen molar-refractivity contribution in [2.45, 2.75) is 11.4 Å². The van der Waals surface area contributed by atoms with Crippen LogP contribution in [0, 0.1) is 5.82 Å². The molecule has 10 heteroatoms. The highest BCUT2D eigenvalue weighted by molar-refractivity contribution is 7.89. The number of rotatable bonds is 7. The first-order valence-corrected chi connectivity index (χ1v) is 11.5. The average molecular weight is 502 g/mol. The summed E-state index contributed by atoms with van der Waals surface area (Å²) in [4.78, 5) is 12.6. The molecule has 1 amide bonds. The Kier molecular flexibility index (Phi) is 7.56. The van der Waals surface area contributed by atoms with Crippen LogP contribution in [0.3, 0.4) is 0 Å². The van der Waals surface area contributed by atoms with Crippen LogP contribution in [0.15, 0.2) is 71.6 Å². The van der Waals surface area contributed by atoms with E-state index < -0.39 is 28.3 Å². The number of nitrogens with one attached hydrogen (secondary N) is 1. The molecule has 0 aliphatic carbocycles. The standard InChI is InChI=1S/C21H16Cl3FN2O3S/c22-15-5-8-17(9-6-15)31(29,30)27(12-14-3-1-2-4-19(14)25)13-21(28)26-20-10-7-16(23)11-18(20)24/h1-11H,12-13H2,(H,26,28). The van der Waals surface area contributed by atoms with Crippen LogP contribution in [0.5, 0.6) is 0 Å². The second-order valence-corrected chi connectivity index (χ2v) is 9.71. The lowest BCUT2D eigenvalue weighted by molar-refractivity contribution is -0.116. The molecule has 31 heavy (non-hydrogen) atoms. The summed E-state index contributed by atoms with van der Waals surface area (Å²) in [5, 5.41) is 3.49. The molecule has 3 aromatic rings. The molecule has 0 spiro atoms. The van der Waals surface area contributed by atoms with Crippen LogP contribution in [-0.4, -0.2) is 25.2 Å². The average Bonchev–Trinajstić information content (AvgIpc) is 2.71. The smallest absolute Gasteiger partial charge is 0.243 e. The normalized spacial score (nSPS) is 11.5. The van der Waals surface area contributed by atoms with E-state index in [9.17, 15) is 17.6 Å². The van der Waals surface area contributed by atoms with Gasteiger partial charge in [-0.15, -0.1) is 0 Å². The number of sulfonamides is 1. The van der Waals surface area contributed by atoms with E-state index in [0.29, 0.717) is 10.0 Å². The van der Waals surface area contributed by atoms with Crippen molar-refractivity contribution < 1.29 is 17.6 Å². The zero-order chi connectivity index (χ0) is 22.6. The van der Waals surface area contributed by atoms with Crippen molar-refractivity contribution in [3.8, 4) is 0 Å². The van der Waals surface area contributed by atoms with Crippen LogP contribution in [0.1, 0.15) is 5.56 Å². The van der Waals surface area contributed by atoms with Crippen LogP contribution < -0.4 is 5.32 Å². The van der Waals surface area contributed by atoms with Crippen molar-refractivity contribution >= 4 is 56.4 Å². The topological polar surface area (TPSA) is 66.5 Å². The molecule has 0 atom stereocenters. The summed E-state index contributed by atoms with van der Waals surface area (Å²) >= 11 is 17.8.